The second-order valence-electron chi connectivity index (χ2n) is 11.7. The van der Waals surface area contributed by atoms with Crippen LogP contribution in [0.3, 0.4) is 0 Å². The molecule has 2 fully saturated rings. The zero-order valence-electron chi connectivity index (χ0n) is 25.1. The minimum absolute atomic E-state index is 0.141. The highest BCUT2D eigenvalue weighted by atomic mass is 32.1. The fourth-order valence-corrected chi connectivity index (χ4v) is 6.83. The van der Waals surface area contributed by atoms with Crippen molar-refractivity contribution in [3.63, 3.8) is 0 Å². The highest BCUT2D eigenvalue weighted by Crippen LogP contribution is 2.42. The lowest BCUT2D eigenvalue weighted by atomic mass is 9.88. The first-order valence-corrected chi connectivity index (χ1v) is 16.0. The van der Waals surface area contributed by atoms with Gasteiger partial charge < -0.3 is 20.4 Å². The molecule has 2 aromatic heterocycles. The molecule has 1 aliphatic carbocycles. The van der Waals surface area contributed by atoms with E-state index in [0.717, 1.165) is 66.2 Å². The number of nitrogens with zero attached hydrogens (tertiary/aromatic N) is 7. The summed E-state index contributed by atoms with van der Waals surface area (Å²) in [6.45, 7) is 5.20. The van der Waals surface area contributed by atoms with E-state index in [-0.39, 0.29) is 17.9 Å². The molecule has 0 radical (unpaired) electrons. The van der Waals surface area contributed by atoms with Crippen molar-refractivity contribution in [2.75, 3.05) is 49.2 Å². The number of aromatic nitrogens is 3. The van der Waals surface area contributed by atoms with Gasteiger partial charge in [-0.3, -0.25) is 14.9 Å². The average molecular weight is 612 g/mol. The molecule has 11 nitrogen and oxygen atoms in total. The summed E-state index contributed by atoms with van der Waals surface area (Å²) in [5.74, 6) is 1.13. The van der Waals surface area contributed by atoms with Crippen LogP contribution in [0.2, 0.25) is 0 Å². The summed E-state index contributed by atoms with van der Waals surface area (Å²) in [5.41, 5.74) is 10.9. The SMILES string of the molecule is CCC1=C(c2ccc(C(=O)Nc3ncc(C#N)s3)cc2)c2c(N)ncnc2N(C2CCN(C(=O)CCCN(C)C3CC3)C2)C1. The van der Waals surface area contributed by atoms with Gasteiger partial charge in [0.05, 0.1) is 17.8 Å². The summed E-state index contributed by atoms with van der Waals surface area (Å²) in [6.07, 6.45) is 8.66. The van der Waals surface area contributed by atoms with Gasteiger partial charge in [0, 0.05) is 37.7 Å². The summed E-state index contributed by atoms with van der Waals surface area (Å²) in [5, 5.41) is 12.2. The van der Waals surface area contributed by atoms with Gasteiger partial charge in [-0.15, -0.1) is 0 Å². The van der Waals surface area contributed by atoms with Crippen molar-refractivity contribution in [3.05, 3.63) is 63.9 Å². The number of rotatable bonds is 10. The highest BCUT2D eigenvalue weighted by Gasteiger charge is 2.36. The first kappa shape index (κ1) is 29.7. The van der Waals surface area contributed by atoms with Crippen LogP contribution in [-0.2, 0) is 4.79 Å². The number of hydrogen-bond donors (Lipinski definition) is 2. The number of likely N-dealkylation sites (tertiary alicyclic amines) is 1. The van der Waals surface area contributed by atoms with Gasteiger partial charge in [-0.05, 0) is 74.5 Å². The lowest BCUT2D eigenvalue weighted by Gasteiger charge is -2.37. The Labute approximate surface area is 261 Å². The molecule has 1 unspecified atom stereocenters. The molecule has 3 N–H and O–H groups in total. The smallest absolute Gasteiger partial charge is 0.257 e. The predicted octanol–water partition coefficient (Wildman–Crippen LogP) is 4.15. The van der Waals surface area contributed by atoms with Crippen molar-refractivity contribution in [1.29, 1.82) is 5.26 Å². The largest absolute Gasteiger partial charge is 0.383 e. The summed E-state index contributed by atoms with van der Waals surface area (Å²) in [4.78, 5) is 46.2. The minimum Gasteiger partial charge on any atom is -0.383 e. The first-order valence-electron chi connectivity index (χ1n) is 15.2. The second kappa shape index (κ2) is 12.7. The monoisotopic (exact) mass is 611 g/mol. The van der Waals surface area contributed by atoms with Gasteiger partial charge in [-0.1, -0.05) is 30.4 Å². The Balaban J connectivity index is 1.18. The maximum atomic E-state index is 13.1. The third-order valence-corrected chi connectivity index (χ3v) is 9.64. The van der Waals surface area contributed by atoms with E-state index in [9.17, 15) is 9.59 Å². The van der Waals surface area contributed by atoms with Gasteiger partial charge >= 0.3 is 0 Å². The number of amides is 2. The quantitative estimate of drug-likeness (QED) is 0.345. The third-order valence-electron chi connectivity index (χ3n) is 8.82. The highest BCUT2D eigenvalue weighted by molar-refractivity contribution is 7.16. The number of nitrogen functional groups attached to an aromatic ring is 1. The average Bonchev–Trinajstić information content (AvgIpc) is 3.60. The van der Waals surface area contributed by atoms with Crippen LogP contribution < -0.4 is 16.0 Å². The van der Waals surface area contributed by atoms with E-state index >= 15 is 0 Å². The number of nitrogens with one attached hydrogen (secondary N) is 1. The molecule has 1 saturated carbocycles. The van der Waals surface area contributed by atoms with E-state index in [1.54, 1.807) is 12.1 Å². The normalized spacial score (nSPS) is 18.0. The van der Waals surface area contributed by atoms with Gasteiger partial charge in [-0.25, -0.2) is 15.0 Å². The zero-order chi connectivity index (χ0) is 30.8. The van der Waals surface area contributed by atoms with Gasteiger partial charge in [-0.2, -0.15) is 5.26 Å². The van der Waals surface area contributed by atoms with Crippen LogP contribution in [0.25, 0.3) is 5.57 Å². The molecule has 6 rings (SSSR count). The maximum absolute atomic E-state index is 13.1. The molecule has 2 amide bonds. The van der Waals surface area contributed by atoms with Crippen LogP contribution in [0.1, 0.15) is 71.8 Å². The standard InChI is InChI=1S/C32H37N9O2S/c1-3-20-17-41(24-12-14-40(18-24)26(42)5-4-13-39(2)23-10-11-23)30-28(29(34)36-19-37-30)27(20)21-6-8-22(9-7-21)31(43)38-32-35-16-25(15-33)44-32/h6-9,16,19,23-24H,3-5,10-14,17-18H2,1-2H3,(H2,34,36,37)(H,35,38,43). The van der Waals surface area contributed by atoms with Crippen molar-refractivity contribution in [3.8, 4) is 6.07 Å². The fourth-order valence-electron chi connectivity index (χ4n) is 6.22. The number of nitriles is 1. The third kappa shape index (κ3) is 6.16. The zero-order valence-corrected chi connectivity index (χ0v) is 25.9. The minimum atomic E-state index is -0.298. The predicted molar refractivity (Wildman–Crippen MR) is 171 cm³/mol. The lowest BCUT2D eigenvalue weighted by Crippen LogP contribution is -2.43. The van der Waals surface area contributed by atoms with Gasteiger partial charge in [0.15, 0.2) is 5.13 Å². The van der Waals surface area contributed by atoms with E-state index in [4.69, 9.17) is 16.0 Å². The van der Waals surface area contributed by atoms with Crippen molar-refractivity contribution < 1.29 is 9.59 Å². The van der Waals surface area contributed by atoms with Gasteiger partial charge in [0.25, 0.3) is 5.91 Å². The van der Waals surface area contributed by atoms with Crippen LogP contribution in [-0.4, -0.2) is 81.9 Å². The Bertz CT molecular complexity index is 1620. The van der Waals surface area contributed by atoms with Crippen LogP contribution in [0.15, 0.2) is 42.4 Å². The van der Waals surface area contributed by atoms with E-state index in [0.29, 0.717) is 46.9 Å². The maximum Gasteiger partial charge on any atom is 0.257 e. The van der Waals surface area contributed by atoms with Gasteiger partial charge in [0.1, 0.15) is 28.9 Å². The summed E-state index contributed by atoms with van der Waals surface area (Å²) in [6, 6.07) is 10.3. The van der Waals surface area contributed by atoms with E-state index in [1.165, 1.54) is 30.9 Å². The van der Waals surface area contributed by atoms with Crippen molar-refractivity contribution >= 4 is 45.5 Å². The molecule has 4 heterocycles. The number of carbonyl (C=O) groups excluding carboxylic acids is 2. The number of thiazole rings is 1. The van der Waals surface area contributed by atoms with Crippen LogP contribution >= 0.6 is 11.3 Å². The number of anilines is 3. The molecule has 0 spiro atoms. The van der Waals surface area contributed by atoms with Crippen LogP contribution in [0.4, 0.5) is 16.8 Å². The number of carbonyl (C=O) groups is 2. The molecule has 1 saturated heterocycles. The molecular weight excluding hydrogens is 574 g/mol. The van der Waals surface area contributed by atoms with Crippen molar-refractivity contribution in [2.45, 2.75) is 57.5 Å². The Morgan fingerprint density at radius 2 is 1.98 bits per heavy atom. The molecule has 2 aliphatic heterocycles. The molecule has 1 atom stereocenters. The van der Waals surface area contributed by atoms with E-state index in [2.05, 4.69) is 39.1 Å². The molecule has 12 heteroatoms. The molecule has 0 bridgehead atoms. The number of hydrogen-bond acceptors (Lipinski definition) is 10. The van der Waals surface area contributed by atoms with Crippen LogP contribution in [0.5, 0.6) is 0 Å². The Morgan fingerprint density at radius 1 is 1.18 bits per heavy atom. The summed E-state index contributed by atoms with van der Waals surface area (Å²) in [7, 11) is 2.16. The lowest BCUT2D eigenvalue weighted by molar-refractivity contribution is -0.130. The molecule has 44 heavy (non-hydrogen) atoms. The molecular formula is C32H37N9O2S. The number of fused-ring (bicyclic) bond motifs is 1. The molecule has 3 aromatic rings. The van der Waals surface area contributed by atoms with Crippen LogP contribution in [0, 0.1) is 11.3 Å². The second-order valence-corrected chi connectivity index (χ2v) is 12.7. The Kier molecular flexibility index (Phi) is 8.59. The number of benzene rings is 1. The first-order chi connectivity index (χ1) is 21.4. The topological polar surface area (TPSA) is 144 Å². The Hall–Kier alpha value is -4.34. The summed E-state index contributed by atoms with van der Waals surface area (Å²) < 4.78 is 0. The van der Waals surface area contributed by atoms with Crippen molar-refractivity contribution in [2.24, 2.45) is 0 Å². The summed E-state index contributed by atoms with van der Waals surface area (Å²) >= 11 is 1.13. The molecule has 228 valence electrons. The van der Waals surface area contributed by atoms with E-state index in [1.807, 2.05) is 23.1 Å². The molecule has 1 aromatic carbocycles. The van der Waals surface area contributed by atoms with E-state index < -0.39 is 0 Å². The van der Waals surface area contributed by atoms with Gasteiger partial charge in [0.2, 0.25) is 5.91 Å². The number of nitrogens with two attached hydrogens (primary N) is 1. The fraction of sp³-hybridized carbons (Fsp3) is 0.438. The molecule has 3 aliphatic rings. The van der Waals surface area contributed by atoms with Crippen molar-refractivity contribution in [1.82, 2.24) is 24.8 Å². The Morgan fingerprint density at radius 3 is 2.68 bits per heavy atom.